The van der Waals surface area contributed by atoms with Crippen molar-refractivity contribution in [2.24, 2.45) is 0 Å². The molecule has 1 atom stereocenters. The van der Waals surface area contributed by atoms with Crippen LogP contribution in [0.2, 0.25) is 13.1 Å². The van der Waals surface area contributed by atoms with Gasteiger partial charge in [-0.3, -0.25) is 0 Å². The van der Waals surface area contributed by atoms with Crippen LogP contribution in [0.25, 0.3) is 6.08 Å². The molecular formula is C18H25SiTi. The molecule has 1 aromatic carbocycles. The van der Waals surface area contributed by atoms with Gasteiger partial charge in [0.2, 0.25) is 0 Å². The fourth-order valence-corrected chi connectivity index (χ4v) is 4.35. The summed E-state index contributed by atoms with van der Waals surface area (Å²) in [5, 5.41) is 0. The monoisotopic (exact) mass is 317 g/mol. The van der Waals surface area contributed by atoms with E-state index in [1.165, 1.54) is 5.56 Å². The first kappa shape index (κ1) is 19.4. The number of allylic oxidation sites excluding steroid dienone is 5. The number of fused-ring (bicyclic) bond motifs is 1. The van der Waals surface area contributed by atoms with Crippen molar-refractivity contribution in [2.75, 3.05) is 0 Å². The van der Waals surface area contributed by atoms with E-state index < -0.39 is 0 Å². The van der Waals surface area contributed by atoms with Gasteiger partial charge in [0, 0.05) is 21.7 Å². The summed E-state index contributed by atoms with van der Waals surface area (Å²) in [6.07, 6.45) is 10.3. The van der Waals surface area contributed by atoms with Crippen molar-refractivity contribution in [3.8, 4) is 0 Å². The van der Waals surface area contributed by atoms with Crippen molar-refractivity contribution in [3.05, 3.63) is 65.3 Å². The topological polar surface area (TPSA) is 0 Å². The molecule has 0 spiro atoms. The zero-order valence-electron chi connectivity index (χ0n) is 13.3. The van der Waals surface area contributed by atoms with Crippen LogP contribution < -0.4 is 0 Å². The van der Waals surface area contributed by atoms with Crippen molar-refractivity contribution in [3.63, 3.8) is 0 Å². The van der Waals surface area contributed by atoms with Crippen molar-refractivity contribution in [2.45, 2.75) is 39.4 Å². The van der Waals surface area contributed by atoms with Crippen molar-refractivity contribution in [1.29, 1.82) is 0 Å². The first-order valence-electron chi connectivity index (χ1n) is 6.93. The first-order valence-corrected chi connectivity index (χ1v) is 9.50. The molecule has 105 valence electrons. The molecule has 0 nitrogen and oxygen atoms in total. The summed E-state index contributed by atoms with van der Waals surface area (Å²) in [6, 6.07) is 8.79. The predicted molar refractivity (Wildman–Crippen MR) is 89.9 cm³/mol. The second-order valence-corrected chi connectivity index (χ2v) is 7.81. The van der Waals surface area contributed by atoms with Crippen LogP contribution >= 0.6 is 0 Å². The van der Waals surface area contributed by atoms with E-state index in [1.54, 1.807) is 11.1 Å². The molecule has 0 saturated carbocycles. The third-order valence-corrected chi connectivity index (χ3v) is 5.14. The molecular weight excluding hydrogens is 292 g/mol. The number of hydrogen-bond acceptors (Lipinski definition) is 0. The Morgan fingerprint density at radius 1 is 1.00 bits per heavy atom. The molecule has 0 fully saturated rings. The molecule has 0 saturated heterocycles. The van der Waals surface area contributed by atoms with Gasteiger partial charge in [0.25, 0.3) is 0 Å². The molecule has 1 aliphatic carbocycles. The molecule has 2 heteroatoms. The summed E-state index contributed by atoms with van der Waals surface area (Å²) >= 11 is 0. The Morgan fingerprint density at radius 3 is 2.05 bits per heavy atom. The van der Waals surface area contributed by atoms with E-state index in [0.29, 0.717) is 0 Å². The third kappa shape index (κ3) is 5.40. The minimum atomic E-state index is -0.241. The van der Waals surface area contributed by atoms with Crippen LogP contribution in [0.4, 0.5) is 0 Å². The minimum absolute atomic E-state index is 0. The fraction of sp³-hybridized carbons (Fsp3) is 0.333. The van der Waals surface area contributed by atoms with Gasteiger partial charge in [0.05, 0.1) is 8.80 Å². The molecule has 1 aliphatic rings. The minimum Gasteiger partial charge on any atom is -0.0877 e. The van der Waals surface area contributed by atoms with E-state index >= 15 is 0 Å². The molecule has 1 aromatic rings. The van der Waals surface area contributed by atoms with Crippen LogP contribution in [-0.2, 0) is 21.7 Å². The molecule has 0 amide bonds. The maximum absolute atomic E-state index is 2.40. The molecule has 0 heterocycles. The first-order chi connectivity index (χ1) is 9.11. The largest absolute Gasteiger partial charge is 0.0877 e. The molecule has 0 aliphatic heterocycles. The van der Waals surface area contributed by atoms with E-state index in [4.69, 9.17) is 0 Å². The van der Waals surface area contributed by atoms with E-state index in [-0.39, 0.29) is 30.5 Å². The molecule has 2 rings (SSSR count). The summed E-state index contributed by atoms with van der Waals surface area (Å²) < 4.78 is 0. The normalized spacial score (nSPS) is 16.7. The van der Waals surface area contributed by atoms with Gasteiger partial charge in [0.1, 0.15) is 0 Å². The Labute approximate surface area is 141 Å². The summed E-state index contributed by atoms with van der Waals surface area (Å²) in [5.74, 6) is 0. The third-order valence-electron chi connectivity index (χ3n) is 3.22. The van der Waals surface area contributed by atoms with Gasteiger partial charge in [0.15, 0.2) is 0 Å². The Morgan fingerprint density at radius 2 is 1.55 bits per heavy atom. The number of hydrogen-bond donors (Lipinski definition) is 0. The van der Waals surface area contributed by atoms with Crippen LogP contribution in [0.5, 0.6) is 0 Å². The van der Waals surface area contributed by atoms with Crippen LogP contribution in [0.3, 0.4) is 0 Å². The summed E-state index contributed by atoms with van der Waals surface area (Å²) in [5.41, 5.74) is 5.30. The Kier molecular flexibility index (Phi) is 9.83. The van der Waals surface area contributed by atoms with Gasteiger partial charge in [-0.2, -0.15) is 0 Å². The van der Waals surface area contributed by atoms with E-state index in [0.717, 1.165) is 5.54 Å². The number of rotatable bonds is 2. The average molecular weight is 317 g/mol. The Hall–Kier alpha value is -0.629. The maximum Gasteiger partial charge on any atom is 0.0551 e. The molecule has 0 N–H and O–H groups in total. The standard InChI is InChI=1S/C12H15Si.C6H10.Ti/c1-9-8-10-6-4-5-7-11(10)12(9)13(2)3;1-3-5-6-4-2;/h4-8,12H,1-3H3;3-6H,1-2H3;. The van der Waals surface area contributed by atoms with E-state index in [2.05, 4.69) is 50.4 Å². The number of benzene rings is 1. The zero-order chi connectivity index (χ0) is 14.3. The van der Waals surface area contributed by atoms with Gasteiger partial charge >= 0.3 is 0 Å². The quantitative estimate of drug-likeness (QED) is 0.491. The van der Waals surface area contributed by atoms with Gasteiger partial charge in [-0.15, -0.1) is 0 Å². The van der Waals surface area contributed by atoms with Crippen molar-refractivity contribution < 1.29 is 21.7 Å². The van der Waals surface area contributed by atoms with Gasteiger partial charge in [-0.25, -0.2) is 0 Å². The zero-order valence-corrected chi connectivity index (χ0v) is 15.8. The maximum atomic E-state index is 2.40. The van der Waals surface area contributed by atoms with Gasteiger partial charge in [-0.05, 0) is 37.4 Å². The summed E-state index contributed by atoms with van der Waals surface area (Å²) in [6.45, 7) is 11.1. The average Bonchev–Trinajstić information content (AvgIpc) is 2.72. The smallest absolute Gasteiger partial charge is 0.0551 e. The van der Waals surface area contributed by atoms with Crippen LogP contribution in [0.15, 0.2) is 54.1 Å². The molecule has 20 heavy (non-hydrogen) atoms. The summed E-state index contributed by atoms with van der Waals surface area (Å²) in [4.78, 5) is 0. The van der Waals surface area contributed by atoms with E-state index in [9.17, 15) is 0 Å². The molecule has 1 unspecified atom stereocenters. The summed E-state index contributed by atoms with van der Waals surface area (Å²) in [7, 11) is -0.241. The molecule has 0 aromatic heterocycles. The predicted octanol–water partition coefficient (Wildman–Crippen LogP) is 5.62. The van der Waals surface area contributed by atoms with Crippen LogP contribution in [0.1, 0.15) is 37.4 Å². The SMILES string of the molecule is CC1=Cc2ccccc2C1[Si](C)C.CC=CC=CC.[Ti]. The second kappa shape index (κ2) is 10.1. The Bertz CT molecular complexity index is 474. The molecule has 0 bridgehead atoms. The van der Waals surface area contributed by atoms with Crippen LogP contribution in [0, 0.1) is 0 Å². The van der Waals surface area contributed by atoms with Gasteiger partial charge in [-0.1, -0.05) is 73.3 Å². The fourth-order valence-electron chi connectivity index (χ4n) is 2.47. The second-order valence-electron chi connectivity index (χ2n) is 5.08. The van der Waals surface area contributed by atoms with Crippen molar-refractivity contribution >= 4 is 14.9 Å². The van der Waals surface area contributed by atoms with Crippen LogP contribution in [-0.4, -0.2) is 8.80 Å². The Balaban J connectivity index is 0.000000448. The van der Waals surface area contributed by atoms with E-state index in [1.807, 2.05) is 38.2 Å². The van der Waals surface area contributed by atoms with Crippen molar-refractivity contribution in [1.82, 2.24) is 0 Å². The molecule has 1 radical (unpaired) electrons. The van der Waals surface area contributed by atoms with Gasteiger partial charge < -0.3 is 0 Å².